The van der Waals surface area contributed by atoms with Crippen molar-refractivity contribution < 1.29 is 18.0 Å². The van der Waals surface area contributed by atoms with E-state index in [2.05, 4.69) is 15.0 Å². The molecule has 0 saturated carbocycles. The maximum atomic E-state index is 12.8. The van der Waals surface area contributed by atoms with Crippen molar-refractivity contribution in [1.29, 1.82) is 0 Å². The number of urea groups is 1. The number of hydrogen-bond donors (Lipinski definition) is 2. The first-order valence-electron chi connectivity index (χ1n) is 9.81. The molecule has 3 amide bonds. The van der Waals surface area contributed by atoms with Crippen LogP contribution in [0.3, 0.4) is 0 Å². The van der Waals surface area contributed by atoms with Crippen LogP contribution >= 0.6 is 0 Å². The van der Waals surface area contributed by atoms with E-state index in [9.17, 15) is 18.0 Å². The van der Waals surface area contributed by atoms with Crippen molar-refractivity contribution in [2.45, 2.75) is 18.9 Å². The third kappa shape index (κ3) is 4.70. The average molecular weight is 430 g/mol. The first kappa shape index (κ1) is 20.1. The van der Waals surface area contributed by atoms with E-state index in [1.165, 1.54) is 0 Å². The maximum Gasteiger partial charge on any atom is 0.319 e. The molecule has 3 heterocycles. The van der Waals surface area contributed by atoms with Crippen molar-refractivity contribution in [1.82, 2.24) is 15.1 Å². The normalized spacial score (nSPS) is 20.7. The minimum absolute atomic E-state index is 0.000299. The number of anilines is 1. The van der Waals surface area contributed by atoms with Crippen molar-refractivity contribution in [3.8, 4) is 0 Å². The van der Waals surface area contributed by atoms with Gasteiger partial charge in [-0.1, -0.05) is 18.2 Å². The number of nitrogens with one attached hydrogen (secondary N) is 2. The Hall–Kier alpha value is -3.14. The van der Waals surface area contributed by atoms with E-state index in [1.807, 2.05) is 30.3 Å². The van der Waals surface area contributed by atoms with Gasteiger partial charge in [0, 0.05) is 37.6 Å². The molecule has 0 bridgehead atoms. The Labute approximate surface area is 175 Å². The standard InChI is InChI=1S/C20H23N5O4S/c26-19(15-6-7-18-23-30(28,29)13-12-25(18)14-15)24-10-8-17(9-11-24)22-20(27)21-16-4-2-1-3-5-16/h1-7,14,17H,8-13H2,(H2,21,22,27). The Kier molecular flexibility index (Phi) is 5.58. The molecule has 0 unspecified atom stereocenters. The topological polar surface area (TPSA) is 111 Å². The molecule has 1 aromatic rings. The van der Waals surface area contributed by atoms with Gasteiger partial charge in [-0.2, -0.15) is 0 Å². The van der Waals surface area contributed by atoms with Gasteiger partial charge in [0.2, 0.25) is 0 Å². The number of benzene rings is 1. The molecule has 0 aromatic heterocycles. The summed E-state index contributed by atoms with van der Waals surface area (Å²) in [5, 5.41) is 5.75. The molecule has 1 fully saturated rings. The number of carbonyl (C=O) groups is 2. The molecule has 1 aromatic carbocycles. The summed E-state index contributed by atoms with van der Waals surface area (Å²) in [5.74, 6) is 0.167. The molecule has 158 valence electrons. The molecule has 2 N–H and O–H groups in total. The number of hydrogen-bond acceptors (Lipinski definition) is 5. The second kappa shape index (κ2) is 8.31. The number of fused-ring (bicyclic) bond motifs is 1. The van der Waals surface area contributed by atoms with Gasteiger partial charge in [-0.15, -0.1) is 4.40 Å². The quantitative estimate of drug-likeness (QED) is 0.752. The fraction of sp³-hybridized carbons (Fsp3) is 0.350. The van der Waals surface area contributed by atoms with Crippen molar-refractivity contribution in [2.24, 2.45) is 4.40 Å². The summed E-state index contributed by atoms with van der Waals surface area (Å²) >= 11 is 0. The predicted molar refractivity (Wildman–Crippen MR) is 113 cm³/mol. The lowest BCUT2D eigenvalue weighted by molar-refractivity contribution is -0.127. The zero-order chi connectivity index (χ0) is 21.1. The second-order valence-corrected chi connectivity index (χ2v) is 9.13. The van der Waals surface area contributed by atoms with Crippen LogP contribution < -0.4 is 10.6 Å². The fourth-order valence-corrected chi connectivity index (χ4v) is 4.58. The Morgan fingerprint density at radius 2 is 1.77 bits per heavy atom. The Bertz CT molecular complexity index is 1020. The van der Waals surface area contributed by atoms with Crippen molar-refractivity contribution >= 4 is 33.5 Å². The van der Waals surface area contributed by atoms with Crippen LogP contribution in [0.15, 0.2) is 58.7 Å². The van der Waals surface area contributed by atoms with Gasteiger partial charge >= 0.3 is 6.03 Å². The number of para-hydroxylation sites is 1. The van der Waals surface area contributed by atoms with E-state index in [0.717, 1.165) is 5.69 Å². The molecule has 0 aliphatic carbocycles. The number of sulfonamides is 1. The van der Waals surface area contributed by atoms with Crippen LogP contribution in [-0.4, -0.2) is 67.4 Å². The summed E-state index contributed by atoms with van der Waals surface area (Å²) < 4.78 is 26.9. The first-order valence-corrected chi connectivity index (χ1v) is 11.4. The van der Waals surface area contributed by atoms with Crippen LogP contribution in [0.4, 0.5) is 10.5 Å². The first-order chi connectivity index (χ1) is 14.4. The highest BCUT2D eigenvalue weighted by Gasteiger charge is 2.29. The summed E-state index contributed by atoms with van der Waals surface area (Å²) in [6.07, 6.45) is 6.16. The smallest absolute Gasteiger partial charge is 0.319 e. The van der Waals surface area contributed by atoms with Gasteiger partial charge in [-0.25, -0.2) is 13.2 Å². The molecule has 9 nitrogen and oxygen atoms in total. The third-order valence-corrected chi connectivity index (χ3v) is 6.38. The SMILES string of the molecule is O=C(Nc1ccccc1)NC1CCN(C(=O)C2=CN3CCS(=O)(=O)N=C3C=C2)CC1. The van der Waals surface area contributed by atoms with E-state index in [-0.39, 0.29) is 30.3 Å². The minimum atomic E-state index is -3.42. The maximum absolute atomic E-state index is 12.8. The van der Waals surface area contributed by atoms with Gasteiger partial charge in [0.1, 0.15) is 5.84 Å². The average Bonchev–Trinajstić information content (AvgIpc) is 2.73. The van der Waals surface area contributed by atoms with Crippen LogP contribution in [0.5, 0.6) is 0 Å². The second-order valence-electron chi connectivity index (χ2n) is 7.38. The molecule has 3 aliphatic heterocycles. The predicted octanol–water partition coefficient (Wildman–Crippen LogP) is 1.30. The number of carbonyl (C=O) groups excluding carboxylic acids is 2. The number of amidine groups is 1. The Balaban J connectivity index is 1.29. The molecule has 1 saturated heterocycles. The molecule has 3 aliphatic rings. The molecule has 10 heteroatoms. The zero-order valence-electron chi connectivity index (χ0n) is 16.3. The number of piperidine rings is 1. The van der Waals surface area contributed by atoms with E-state index in [0.29, 0.717) is 37.3 Å². The van der Waals surface area contributed by atoms with Gasteiger partial charge in [0.15, 0.2) is 0 Å². The summed E-state index contributed by atoms with van der Waals surface area (Å²) in [4.78, 5) is 28.4. The van der Waals surface area contributed by atoms with Gasteiger partial charge in [-0.05, 0) is 37.1 Å². The lowest BCUT2D eigenvalue weighted by atomic mass is 10.0. The van der Waals surface area contributed by atoms with Crippen LogP contribution in [0.1, 0.15) is 12.8 Å². The highest BCUT2D eigenvalue weighted by Crippen LogP contribution is 2.19. The minimum Gasteiger partial charge on any atom is -0.338 e. The highest BCUT2D eigenvalue weighted by molar-refractivity contribution is 7.90. The fourth-order valence-electron chi connectivity index (χ4n) is 3.61. The number of amides is 3. The molecule has 0 radical (unpaired) electrons. The van der Waals surface area contributed by atoms with Crippen LogP contribution in [0, 0.1) is 0 Å². The van der Waals surface area contributed by atoms with Gasteiger partial charge < -0.3 is 20.4 Å². The number of likely N-dealkylation sites (tertiary alicyclic amines) is 1. The van der Waals surface area contributed by atoms with E-state index < -0.39 is 10.0 Å². The molecular formula is C20H23N5O4S. The van der Waals surface area contributed by atoms with Crippen LogP contribution in [-0.2, 0) is 14.8 Å². The summed E-state index contributed by atoms with van der Waals surface area (Å²) in [6.45, 7) is 1.36. The van der Waals surface area contributed by atoms with Gasteiger partial charge in [0.25, 0.3) is 15.9 Å². The van der Waals surface area contributed by atoms with Crippen molar-refractivity contribution in [2.75, 3.05) is 30.7 Å². The largest absolute Gasteiger partial charge is 0.338 e. The van der Waals surface area contributed by atoms with E-state index >= 15 is 0 Å². The molecule has 4 rings (SSSR count). The molecule has 0 atom stereocenters. The van der Waals surface area contributed by atoms with E-state index in [1.54, 1.807) is 28.2 Å². The highest BCUT2D eigenvalue weighted by atomic mass is 32.2. The molecule has 0 spiro atoms. The monoisotopic (exact) mass is 429 g/mol. The third-order valence-electron chi connectivity index (χ3n) is 5.22. The number of rotatable bonds is 3. The van der Waals surface area contributed by atoms with Crippen molar-refractivity contribution in [3.05, 3.63) is 54.3 Å². The van der Waals surface area contributed by atoms with Gasteiger partial charge in [-0.3, -0.25) is 4.79 Å². The zero-order valence-corrected chi connectivity index (χ0v) is 17.1. The van der Waals surface area contributed by atoms with Gasteiger partial charge in [0.05, 0.1) is 11.3 Å². The summed E-state index contributed by atoms with van der Waals surface area (Å²) in [7, 11) is -3.42. The number of nitrogens with zero attached hydrogens (tertiary/aromatic N) is 3. The van der Waals surface area contributed by atoms with Crippen LogP contribution in [0.25, 0.3) is 0 Å². The summed E-state index contributed by atoms with van der Waals surface area (Å²) in [6, 6.07) is 8.97. The van der Waals surface area contributed by atoms with Crippen LogP contribution in [0.2, 0.25) is 0 Å². The Morgan fingerprint density at radius 3 is 2.50 bits per heavy atom. The summed E-state index contributed by atoms with van der Waals surface area (Å²) in [5.41, 5.74) is 1.23. The lowest BCUT2D eigenvalue weighted by Crippen LogP contribution is -2.48. The Morgan fingerprint density at radius 1 is 1.03 bits per heavy atom. The lowest BCUT2D eigenvalue weighted by Gasteiger charge is -2.34. The van der Waals surface area contributed by atoms with E-state index in [4.69, 9.17) is 0 Å². The van der Waals surface area contributed by atoms with Crippen molar-refractivity contribution in [3.63, 3.8) is 0 Å². The molecule has 30 heavy (non-hydrogen) atoms. The molecular weight excluding hydrogens is 406 g/mol.